The summed E-state index contributed by atoms with van der Waals surface area (Å²) < 4.78 is 5.18. The first-order valence-corrected chi connectivity index (χ1v) is 6.16. The van der Waals surface area contributed by atoms with Crippen LogP contribution in [-0.4, -0.2) is 19.1 Å². The van der Waals surface area contributed by atoms with Crippen LogP contribution in [0, 0.1) is 0 Å². The second kappa shape index (κ2) is 5.87. The van der Waals surface area contributed by atoms with Crippen LogP contribution in [0.25, 0.3) is 0 Å². The van der Waals surface area contributed by atoms with E-state index in [9.17, 15) is 4.79 Å². The van der Waals surface area contributed by atoms with E-state index in [1.165, 1.54) is 0 Å². The van der Waals surface area contributed by atoms with Gasteiger partial charge in [0, 0.05) is 6.04 Å². The molecule has 100 valence electrons. The fourth-order valence-electron chi connectivity index (χ4n) is 1.83. The Morgan fingerprint density at radius 2 is 2.22 bits per heavy atom. The largest absolute Gasteiger partial charge is 0.497 e. The van der Waals surface area contributed by atoms with Crippen molar-refractivity contribution in [3.05, 3.63) is 29.8 Å². The lowest BCUT2D eigenvalue weighted by Gasteiger charge is -2.31. The molecule has 2 unspecified atom stereocenters. The number of amides is 1. The van der Waals surface area contributed by atoms with Crippen molar-refractivity contribution in [1.29, 1.82) is 0 Å². The van der Waals surface area contributed by atoms with Crippen LogP contribution in [0.5, 0.6) is 5.75 Å². The van der Waals surface area contributed by atoms with Crippen LogP contribution in [-0.2, 0) is 10.3 Å². The van der Waals surface area contributed by atoms with Gasteiger partial charge >= 0.3 is 0 Å². The molecule has 0 aromatic heterocycles. The Bertz CT molecular complexity index is 420. The van der Waals surface area contributed by atoms with Crippen LogP contribution >= 0.6 is 0 Å². The molecule has 0 aliphatic heterocycles. The zero-order valence-corrected chi connectivity index (χ0v) is 11.5. The topological polar surface area (TPSA) is 64.3 Å². The highest BCUT2D eigenvalue weighted by Gasteiger charge is 2.34. The van der Waals surface area contributed by atoms with Crippen LogP contribution in [0.2, 0.25) is 0 Å². The lowest BCUT2D eigenvalue weighted by atomic mass is 9.90. The number of primary amides is 1. The molecule has 0 aliphatic carbocycles. The summed E-state index contributed by atoms with van der Waals surface area (Å²) in [5, 5.41) is 3.28. The Labute approximate surface area is 109 Å². The summed E-state index contributed by atoms with van der Waals surface area (Å²) in [4.78, 5) is 11.8. The number of benzene rings is 1. The maximum Gasteiger partial charge on any atom is 0.242 e. The van der Waals surface area contributed by atoms with Crippen molar-refractivity contribution in [1.82, 2.24) is 5.32 Å². The predicted molar refractivity (Wildman–Crippen MR) is 72.4 cm³/mol. The van der Waals surface area contributed by atoms with Gasteiger partial charge in [-0.15, -0.1) is 0 Å². The quantitative estimate of drug-likeness (QED) is 0.809. The number of nitrogens with two attached hydrogens (primary N) is 1. The van der Waals surface area contributed by atoms with E-state index in [0.29, 0.717) is 5.75 Å². The monoisotopic (exact) mass is 250 g/mol. The molecule has 0 saturated heterocycles. The first-order valence-electron chi connectivity index (χ1n) is 6.16. The van der Waals surface area contributed by atoms with Gasteiger partial charge in [0.15, 0.2) is 0 Å². The zero-order chi connectivity index (χ0) is 13.8. The molecule has 0 spiro atoms. The van der Waals surface area contributed by atoms with Gasteiger partial charge in [-0.3, -0.25) is 10.1 Å². The first-order chi connectivity index (χ1) is 8.43. The van der Waals surface area contributed by atoms with Gasteiger partial charge in [-0.1, -0.05) is 19.1 Å². The van der Waals surface area contributed by atoms with Crippen molar-refractivity contribution < 1.29 is 9.53 Å². The summed E-state index contributed by atoms with van der Waals surface area (Å²) in [5.74, 6) is 0.321. The molecule has 1 amide bonds. The van der Waals surface area contributed by atoms with Crippen LogP contribution < -0.4 is 15.8 Å². The fraction of sp³-hybridized carbons (Fsp3) is 0.500. The third-order valence-corrected chi connectivity index (χ3v) is 3.29. The van der Waals surface area contributed by atoms with E-state index in [4.69, 9.17) is 10.5 Å². The van der Waals surface area contributed by atoms with Crippen LogP contribution in [0.4, 0.5) is 0 Å². The SMILES string of the molecule is CCC(C)NC(C)(C(N)=O)c1cccc(OC)c1. The second-order valence-electron chi connectivity index (χ2n) is 4.67. The van der Waals surface area contributed by atoms with Crippen molar-refractivity contribution in [3.63, 3.8) is 0 Å². The van der Waals surface area contributed by atoms with Crippen molar-refractivity contribution in [2.45, 2.75) is 38.8 Å². The van der Waals surface area contributed by atoms with Crippen LogP contribution in [0.1, 0.15) is 32.8 Å². The number of nitrogens with one attached hydrogen (secondary N) is 1. The van der Waals surface area contributed by atoms with Gasteiger partial charge < -0.3 is 10.5 Å². The molecule has 1 rings (SSSR count). The average Bonchev–Trinajstić information content (AvgIpc) is 2.38. The number of carbonyl (C=O) groups is 1. The van der Waals surface area contributed by atoms with Gasteiger partial charge in [-0.2, -0.15) is 0 Å². The van der Waals surface area contributed by atoms with Crippen LogP contribution in [0.3, 0.4) is 0 Å². The molecular weight excluding hydrogens is 228 g/mol. The highest BCUT2D eigenvalue weighted by molar-refractivity contribution is 5.85. The van der Waals surface area contributed by atoms with Gasteiger partial charge in [-0.05, 0) is 38.0 Å². The molecule has 0 bridgehead atoms. The molecular formula is C14H22N2O2. The van der Waals surface area contributed by atoms with E-state index in [0.717, 1.165) is 12.0 Å². The molecule has 0 aliphatic rings. The summed E-state index contributed by atoms with van der Waals surface area (Å²) in [6.45, 7) is 5.89. The van der Waals surface area contributed by atoms with Gasteiger partial charge in [0.2, 0.25) is 5.91 Å². The molecule has 0 fully saturated rings. The molecule has 1 aromatic rings. The van der Waals surface area contributed by atoms with Gasteiger partial charge in [0.1, 0.15) is 11.3 Å². The second-order valence-corrected chi connectivity index (χ2v) is 4.67. The third-order valence-electron chi connectivity index (χ3n) is 3.29. The van der Waals surface area contributed by atoms with E-state index in [-0.39, 0.29) is 6.04 Å². The average molecular weight is 250 g/mol. The van der Waals surface area contributed by atoms with Gasteiger partial charge in [0.25, 0.3) is 0 Å². The Morgan fingerprint density at radius 3 is 2.72 bits per heavy atom. The Kier molecular flexibility index (Phi) is 4.73. The van der Waals surface area contributed by atoms with E-state index in [1.54, 1.807) is 14.0 Å². The number of ether oxygens (including phenoxy) is 1. The number of hydrogen-bond donors (Lipinski definition) is 2. The summed E-state index contributed by atoms with van der Waals surface area (Å²) in [5.41, 5.74) is 5.48. The van der Waals surface area contributed by atoms with E-state index in [2.05, 4.69) is 12.2 Å². The molecule has 4 nitrogen and oxygen atoms in total. The number of methoxy groups -OCH3 is 1. The van der Waals surface area contributed by atoms with Gasteiger partial charge in [-0.25, -0.2) is 0 Å². The maximum atomic E-state index is 11.8. The fourth-order valence-corrected chi connectivity index (χ4v) is 1.83. The minimum atomic E-state index is -0.885. The normalized spacial score (nSPS) is 15.8. The Balaban J connectivity index is 3.13. The number of rotatable bonds is 6. The van der Waals surface area contributed by atoms with Crippen molar-refractivity contribution in [2.75, 3.05) is 7.11 Å². The lowest BCUT2D eigenvalue weighted by molar-refractivity contribution is -0.124. The Morgan fingerprint density at radius 1 is 1.56 bits per heavy atom. The smallest absolute Gasteiger partial charge is 0.242 e. The van der Waals surface area contributed by atoms with E-state index in [1.807, 2.05) is 31.2 Å². The molecule has 3 N–H and O–H groups in total. The van der Waals surface area contributed by atoms with Crippen molar-refractivity contribution in [3.8, 4) is 5.75 Å². The molecule has 0 radical (unpaired) electrons. The van der Waals surface area contributed by atoms with Crippen molar-refractivity contribution in [2.24, 2.45) is 5.73 Å². The maximum absolute atomic E-state index is 11.8. The summed E-state index contributed by atoms with van der Waals surface area (Å²) in [6, 6.07) is 7.61. The number of hydrogen-bond acceptors (Lipinski definition) is 3. The first kappa shape index (κ1) is 14.5. The molecule has 0 saturated carbocycles. The lowest BCUT2D eigenvalue weighted by Crippen LogP contribution is -2.53. The standard InChI is InChI=1S/C14H22N2O2/c1-5-10(2)16-14(3,13(15)17)11-7-6-8-12(9-11)18-4/h6-10,16H,5H2,1-4H3,(H2,15,17). The zero-order valence-electron chi connectivity index (χ0n) is 11.5. The molecule has 4 heteroatoms. The molecule has 18 heavy (non-hydrogen) atoms. The van der Waals surface area contributed by atoms with E-state index < -0.39 is 11.4 Å². The summed E-state index contributed by atoms with van der Waals surface area (Å²) >= 11 is 0. The number of carbonyl (C=O) groups excluding carboxylic acids is 1. The summed E-state index contributed by atoms with van der Waals surface area (Å²) in [7, 11) is 1.60. The van der Waals surface area contributed by atoms with E-state index >= 15 is 0 Å². The highest BCUT2D eigenvalue weighted by atomic mass is 16.5. The van der Waals surface area contributed by atoms with Gasteiger partial charge in [0.05, 0.1) is 7.11 Å². The summed E-state index contributed by atoms with van der Waals surface area (Å²) in [6.07, 6.45) is 0.923. The molecule has 2 atom stereocenters. The molecule has 0 heterocycles. The predicted octanol–water partition coefficient (Wildman–Crippen LogP) is 1.78. The van der Waals surface area contributed by atoms with Crippen LogP contribution in [0.15, 0.2) is 24.3 Å². The molecule has 1 aromatic carbocycles. The minimum absolute atomic E-state index is 0.203. The Hall–Kier alpha value is -1.55. The third kappa shape index (κ3) is 3.01. The minimum Gasteiger partial charge on any atom is -0.497 e. The van der Waals surface area contributed by atoms with Crippen molar-refractivity contribution >= 4 is 5.91 Å². The highest BCUT2D eigenvalue weighted by Crippen LogP contribution is 2.25.